The molecule has 3 rings (SSSR count). The van der Waals surface area contributed by atoms with Crippen LogP contribution in [0.1, 0.15) is 17.3 Å². The second-order valence-corrected chi connectivity index (χ2v) is 5.88. The van der Waals surface area contributed by atoms with E-state index in [0.717, 1.165) is 16.5 Å². The van der Waals surface area contributed by atoms with E-state index in [-0.39, 0.29) is 22.2 Å². The first-order valence-electron chi connectivity index (χ1n) is 7.76. The maximum atomic E-state index is 13.0. The zero-order valence-corrected chi connectivity index (χ0v) is 14.2. The lowest BCUT2D eigenvalue weighted by Gasteiger charge is -2.23. The summed E-state index contributed by atoms with van der Waals surface area (Å²) in [6.45, 7) is 2.32. The van der Waals surface area contributed by atoms with E-state index in [0.29, 0.717) is 6.54 Å². The predicted molar refractivity (Wildman–Crippen MR) is 99.4 cm³/mol. The maximum Gasteiger partial charge on any atom is 0.270 e. The van der Waals surface area contributed by atoms with Gasteiger partial charge in [-0.25, -0.2) is 0 Å². The Kier molecular flexibility index (Phi) is 4.67. The lowest BCUT2D eigenvalue weighted by Crippen LogP contribution is -2.31. The largest absolute Gasteiger partial charge is 0.308 e. The van der Waals surface area contributed by atoms with Crippen molar-refractivity contribution in [1.29, 1.82) is 0 Å². The SMILES string of the molecule is CCN(C(=O)c1ccc([N+](=O)[O-])cc1Cl)c1cccc2ccccc12. The van der Waals surface area contributed by atoms with Crippen molar-refractivity contribution in [2.24, 2.45) is 0 Å². The first-order chi connectivity index (χ1) is 12.0. The van der Waals surface area contributed by atoms with Crippen molar-refractivity contribution in [1.82, 2.24) is 0 Å². The second-order valence-electron chi connectivity index (χ2n) is 5.47. The predicted octanol–water partition coefficient (Wildman–Crippen LogP) is 5.07. The minimum atomic E-state index is -0.539. The Morgan fingerprint density at radius 1 is 1.12 bits per heavy atom. The van der Waals surface area contributed by atoms with Gasteiger partial charge >= 0.3 is 0 Å². The van der Waals surface area contributed by atoms with Gasteiger partial charge in [0.15, 0.2) is 0 Å². The van der Waals surface area contributed by atoms with Gasteiger partial charge in [0.05, 0.1) is 21.2 Å². The number of anilines is 1. The Morgan fingerprint density at radius 3 is 2.52 bits per heavy atom. The third-order valence-corrected chi connectivity index (χ3v) is 4.33. The molecule has 126 valence electrons. The average Bonchev–Trinajstić information content (AvgIpc) is 2.62. The number of carbonyl (C=O) groups is 1. The van der Waals surface area contributed by atoms with Crippen molar-refractivity contribution in [2.45, 2.75) is 6.92 Å². The van der Waals surface area contributed by atoms with Gasteiger partial charge in [-0.3, -0.25) is 14.9 Å². The summed E-state index contributed by atoms with van der Waals surface area (Å²) in [7, 11) is 0. The number of hydrogen-bond acceptors (Lipinski definition) is 3. The number of non-ortho nitro benzene ring substituents is 1. The van der Waals surface area contributed by atoms with Crippen molar-refractivity contribution >= 4 is 39.7 Å². The molecule has 0 heterocycles. The number of nitrogens with zero attached hydrogens (tertiary/aromatic N) is 2. The zero-order valence-electron chi connectivity index (χ0n) is 13.5. The molecule has 0 aliphatic carbocycles. The van der Waals surface area contributed by atoms with Crippen LogP contribution in [0.15, 0.2) is 60.7 Å². The molecule has 3 aromatic carbocycles. The van der Waals surface area contributed by atoms with Gasteiger partial charge in [0, 0.05) is 24.1 Å². The van der Waals surface area contributed by atoms with Crippen molar-refractivity contribution < 1.29 is 9.72 Å². The number of hydrogen-bond donors (Lipinski definition) is 0. The van der Waals surface area contributed by atoms with E-state index in [9.17, 15) is 14.9 Å². The molecular weight excluding hydrogens is 340 g/mol. The third kappa shape index (κ3) is 3.19. The van der Waals surface area contributed by atoms with Crippen LogP contribution in [0.5, 0.6) is 0 Å². The molecule has 6 heteroatoms. The molecule has 0 saturated carbocycles. The molecule has 0 aliphatic heterocycles. The van der Waals surface area contributed by atoms with E-state index in [4.69, 9.17) is 11.6 Å². The summed E-state index contributed by atoms with van der Waals surface area (Å²) in [5.74, 6) is -0.293. The monoisotopic (exact) mass is 354 g/mol. The number of nitro benzene ring substituents is 1. The number of halogens is 1. The molecule has 0 atom stereocenters. The van der Waals surface area contributed by atoms with Gasteiger partial charge in [-0.15, -0.1) is 0 Å². The molecule has 0 aromatic heterocycles. The molecule has 0 radical (unpaired) electrons. The van der Waals surface area contributed by atoms with Crippen LogP contribution in [0.25, 0.3) is 10.8 Å². The molecule has 0 unspecified atom stereocenters. The number of fused-ring (bicyclic) bond motifs is 1. The molecule has 0 aliphatic rings. The molecule has 0 saturated heterocycles. The molecule has 25 heavy (non-hydrogen) atoms. The summed E-state index contributed by atoms with van der Waals surface area (Å²) >= 11 is 6.12. The summed E-state index contributed by atoms with van der Waals surface area (Å²) in [5, 5.41) is 12.9. The Morgan fingerprint density at radius 2 is 1.84 bits per heavy atom. The van der Waals surface area contributed by atoms with E-state index in [1.165, 1.54) is 18.2 Å². The fourth-order valence-electron chi connectivity index (χ4n) is 2.80. The van der Waals surface area contributed by atoms with Crippen LogP contribution in [0.3, 0.4) is 0 Å². The summed E-state index contributed by atoms with van der Waals surface area (Å²) in [5.41, 5.74) is 0.872. The number of amides is 1. The molecule has 1 amide bonds. The average molecular weight is 355 g/mol. The number of nitro groups is 1. The lowest BCUT2D eigenvalue weighted by atomic mass is 10.1. The van der Waals surface area contributed by atoms with Gasteiger partial charge in [-0.05, 0) is 24.4 Å². The van der Waals surface area contributed by atoms with Crippen LogP contribution in [0.4, 0.5) is 11.4 Å². The highest BCUT2D eigenvalue weighted by atomic mass is 35.5. The van der Waals surface area contributed by atoms with E-state index < -0.39 is 4.92 Å². The van der Waals surface area contributed by atoms with E-state index >= 15 is 0 Å². The van der Waals surface area contributed by atoms with E-state index in [1.807, 2.05) is 49.4 Å². The summed E-state index contributed by atoms with van der Waals surface area (Å²) in [6, 6.07) is 17.4. The number of carbonyl (C=O) groups excluding carboxylic acids is 1. The molecule has 0 spiro atoms. The van der Waals surface area contributed by atoms with Crippen LogP contribution < -0.4 is 4.90 Å². The lowest BCUT2D eigenvalue weighted by molar-refractivity contribution is -0.384. The standard InChI is InChI=1S/C19H15ClN2O3/c1-2-21(18-9-5-7-13-6-3-4-8-15(13)18)19(23)16-11-10-14(22(24)25)12-17(16)20/h3-12H,2H2,1H3. The van der Waals surface area contributed by atoms with Crippen LogP contribution in [-0.2, 0) is 0 Å². The molecule has 3 aromatic rings. The van der Waals surface area contributed by atoms with E-state index in [2.05, 4.69) is 0 Å². The summed E-state index contributed by atoms with van der Waals surface area (Å²) in [4.78, 5) is 24.9. The molecular formula is C19H15ClN2O3. The fourth-order valence-corrected chi connectivity index (χ4v) is 3.06. The maximum absolute atomic E-state index is 13.0. The molecule has 5 nitrogen and oxygen atoms in total. The Hall–Kier alpha value is -2.92. The molecule has 0 fully saturated rings. The summed E-state index contributed by atoms with van der Waals surface area (Å²) in [6.07, 6.45) is 0. The fraction of sp³-hybridized carbons (Fsp3) is 0.105. The highest BCUT2D eigenvalue weighted by Gasteiger charge is 2.22. The normalized spacial score (nSPS) is 10.6. The minimum absolute atomic E-state index is 0.0675. The van der Waals surface area contributed by atoms with Crippen molar-refractivity contribution in [3.8, 4) is 0 Å². The van der Waals surface area contributed by atoms with Crippen LogP contribution in [-0.4, -0.2) is 17.4 Å². The quantitative estimate of drug-likeness (QED) is 0.485. The minimum Gasteiger partial charge on any atom is -0.308 e. The molecule has 0 bridgehead atoms. The van der Waals surface area contributed by atoms with Crippen molar-refractivity contribution in [3.05, 3.63) is 81.4 Å². The van der Waals surface area contributed by atoms with Gasteiger partial charge in [0.25, 0.3) is 11.6 Å². The first kappa shape index (κ1) is 16.9. The zero-order chi connectivity index (χ0) is 18.0. The topological polar surface area (TPSA) is 63.5 Å². The Labute approximate surface area is 149 Å². The summed E-state index contributed by atoms with van der Waals surface area (Å²) < 4.78 is 0. The van der Waals surface area contributed by atoms with E-state index in [1.54, 1.807) is 4.90 Å². The van der Waals surface area contributed by atoms with Gasteiger partial charge in [-0.2, -0.15) is 0 Å². The highest BCUT2D eigenvalue weighted by molar-refractivity contribution is 6.35. The molecule has 0 N–H and O–H groups in total. The van der Waals surface area contributed by atoms with Gasteiger partial charge in [-0.1, -0.05) is 48.0 Å². The first-order valence-corrected chi connectivity index (χ1v) is 8.14. The second kappa shape index (κ2) is 6.91. The smallest absolute Gasteiger partial charge is 0.270 e. The van der Waals surface area contributed by atoms with Crippen LogP contribution in [0.2, 0.25) is 5.02 Å². The van der Waals surface area contributed by atoms with Crippen molar-refractivity contribution in [3.63, 3.8) is 0 Å². The Balaban J connectivity index is 2.06. The van der Waals surface area contributed by atoms with Gasteiger partial charge < -0.3 is 4.90 Å². The van der Waals surface area contributed by atoms with Gasteiger partial charge in [0.2, 0.25) is 0 Å². The highest BCUT2D eigenvalue weighted by Crippen LogP contribution is 2.30. The van der Waals surface area contributed by atoms with Gasteiger partial charge in [0.1, 0.15) is 0 Å². The van der Waals surface area contributed by atoms with Crippen LogP contribution in [0, 0.1) is 10.1 Å². The van der Waals surface area contributed by atoms with Crippen molar-refractivity contribution in [2.75, 3.05) is 11.4 Å². The Bertz CT molecular complexity index is 967. The number of benzene rings is 3. The van der Waals surface area contributed by atoms with Crippen LogP contribution >= 0.6 is 11.6 Å². The third-order valence-electron chi connectivity index (χ3n) is 4.01. The number of rotatable bonds is 4.